The molecule has 0 saturated carbocycles. The predicted octanol–water partition coefficient (Wildman–Crippen LogP) is 5.29. The highest BCUT2D eigenvalue weighted by Gasteiger charge is 2.32. The highest BCUT2D eigenvalue weighted by Crippen LogP contribution is 2.32. The SMILES string of the molecule is Cn1c(N2CCOCC2)cc(OCc2cc(F)c(F)c(F)c2)nc1=O.Cn1c(N2CCOCC2)cc(OCc2cc(F)c(Oc3ccc(C(F)(F)F)nc3)c(F)c2)nc1=O. The molecule has 3 aromatic heterocycles. The number of alkyl halides is 3. The van der Waals surface area contributed by atoms with E-state index in [1.54, 1.807) is 26.2 Å². The number of rotatable bonds is 10. The summed E-state index contributed by atoms with van der Waals surface area (Å²) in [5.74, 6) is -6.26. The van der Waals surface area contributed by atoms with Crippen molar-refractivity contribution in [2.75, 3.05) is 62.4 Å². The van der Waals surface area contributed by atoms with E-state index in [0.717, 1.165) is 30.3 Å². The molecule has 7 rings (SSSR count). The zero-order valence-corrected chi connectivity index (χ0v) is 31.8. The normalized spacial score (nSPS) is 14.4. The Labute approximate surface area is 335 Å². The lowest BCUT2D eigenvalue weighted by molar-refractivity contribution is -0.141. The average molecular weight is 854 g/mol. The number of pyridine rings is 1. The Balaban J connectivity index is 0.000000213. The van der Waals surface area contributed by atoms with Gasteiger partial charge in [-0.2, -0.15) is 23.1 Å². The summed E-state index contributed by atoms with van der Waals surface area (Å²) in [5, 5.41) is 0. The summed E-state index contributed by atoms with van der Waals surface area (Å²) in [4.78, 5) is 38.9. The van der Waals surface area contributed by atoms with Crippen LogP contribution < -0.4 is 35.4 Å². The lowest BCUT2D eigenvalue weighted by Crippen LogP contribution is -2.39. The number of nitrogens with zero attached hydrogens (tertiary/aromatic N) is 7. The highest BCUT2D eigenvalue weighted by atomic mass is 19.4. The van der Waals surface area contributed by atoms with Crippen LogP contribution in [-0.2, 0) is 43.0 Å². The first-order valence-corrected chi connectivity index (χ1v) is 18.0. The number of benzene rings is 2. The van der Waals surface area contributed by atoms with E-state index in [0.29, 0.717) is 76.5 Å². The maximum atomic E-state index is 14.5. The Kier molecular flexibility index (Phi) is 13.5. The van der Waals surface area contributed by atoms with Crippen LogP contribution in [0.1, 0.15) is 16.8 Å². The molecule has 14 nitrogen and oxygen atoms in total. The molecule has 2 aromatic carbocycles. The van der Waals surface area contributed by atoms with Crippen molar-refractivity contribution in [1.29, 1.82) is 0 Å². The molecule has 0 spiro atoms. The maximum absolute atomic E-state index is 14.5. The number of hydrogen-bond donors (Lipinski definition) is 0. The van der Waals surface area contributed by atoms with Crippen molar-refractivity contribution in [3.05, 3.63) is 122 Å². The van der Waals surface area contributed by atoms with Gasteiger partial charge in [-0.15, -0.1) is 0 Å². The fraction of sp³-hybridized carbons (Fsp3) is 0.342. The van der Waals surface area contributed by atoms with E-state index in [2.05, 4.69) is 15.0 Å². The fourth-order valence-corrected chi connectivity index (χ4v) is 5.88. The van der Waals surface area contributed by atoms with Crippen molar-refractivity contribution in [3.63, 3.8) is 0 Å². The largest absolute Gasteiger partial charge is 0.473 e. The third-order valence-corrected chi connectivity index (χ3v) is 8.97. The molecule has 5 heterocycles. The number of halogens is 8. The van der Waals surface area contributed by atoms with Gasteiger partial charge < -0.3 is 33.5 Å². The van der Waals surface area contributed by atoms with Gasteiger partial charge >= 0.3 is 17.6 Å². The van der Waals surface area contributed by atoms with Gasteiger partial charge in [0.25, 0.3) is 0 Å². The van der Waals surface area contributed by atoms with Crippen LogP contribution in [-0.4, -0.2) is 76.7 Å². The molecule has 0 atom stereocenters. The molecular weight excluding hydrogens is 818 g/mol. The van der Waals surface area contributed by atoms with Gasteiger partial charge in [0, 0.05) is 52.4 Å². The molecule has 2 aliphatic rings. The maximum Gasteiger partial charge on any atom is 0.433 e. The minimum Gasteiger partial charge on any atom is -0.473 e. The first kappa shape index (κ1) is 43.3. The molecular formula is C38H35F8N7O7. The van der Waals surface area contributed by atoms with Crippen LogP contribution in [0.5, 0.6) is 23.3 Å². The summed E-state index contributed by atoms with van der Waals surface area (Å²) in [6, 6.07) is 8.22. The molecule has 0 aliphatic carbocycles. The van der Waals surface area contributed by atoms with E-state index in [1.165, 1.54) is 9.13 Å². The summed E-state index contributed by atoms with van der Waals surface area (Å²) in [5.41, 5.74) is -2.08. The summed E-state index contributed by atoms with van der Waals surface area (Å²) in [7, 11) is 3.16. The Morgan fingerprint density at radius 2 is 1.08 bits per heavy atom. The Hall–Kier alpha value is -6.29. The van der Waals surface area contributed by atoms with Gasteiger partial charge in [0.05, 0.1) is 32.6 Å². The number of anilines is 2. The van der Waals surface area contributed by atoms with Gasteiger partial charge in [0.15, 0.2) is 34.8 Å². The summed E-state index contributed by atoms with van der Waals surface area (Å²) in [6.45, 7) is 3.91. The number of ether oxygens (including phenoxy) is 5. The Bertz CT molecular complexity index is 2380. The van der Waals surface area contributed by atoms with Crippen molar-refractivity contribution in [3.8, 4) is 23.3 Å². The fourth-order valence-electron chi connectivity index (χ4n) is 5.88. The van der Waals surface area contributed by atoms with Gasteiger partial charge in [-0.05, 0) is 47.5 Å². The first-order valence-electron chi connectivity index (χ1n) is 18.0. The molecule has 2 fully saturated rings. The molecule has 0 radical (unpaired) electrons. The summed E-state index contributed by atoms with van der Waals surface area (Å²) in [6.07, 6.45) is -3.94. The van der Waals surface area contributed by atoms with Gasteiger partial charge in [-0.1, -0.05) is 0 Å². The van der Waals surface area contributed by atoms with Crippen LogP contribution in [0.3, 0.4) is 0 Å². The monoisotopic (exact) mass is 853 g/mol. The minimum absolute atomic E-state index is 0.0217. The molecule has 0 N–H and O–H groups in total. The van der Waals surface area contributed by atoms with E-state index in [4.69, 9.17) is 23.7 Å². The lowest BCUT2D eigenvalue weighted by atomic mass is 10.2. The molecule has 22 heteroatoms. The van der Waals surface area contributed by atoms with Gasteiger partial charge in [0.1, 0.15) is 36.3 Å². The molecule has 320 valence electrons. The molecule has 60 heavy (non-hydrogen) atoms. The zero-order chi connectivity index (χ0) is 43.1. The lowest BCUT2D eigenvalue weighted by Gasteiger charge is -2.29. The van der Waals surface area contributed by atoms with Crippen molar-refractivity contribution < 1.29 is 58.8 Å². The third kappa shape index (κ3) is 10.7. The van der Waals surface area contributed by atoms with Crippen LogP contribution in [0, 0.1) is 29.1 Å². The van der Waals surface area contributed by atoms with E-state index >= 15 is 0 Å². The predicted molar refractivity (Wildman–Crippen MR) is 196 cm³/mol. The Morgan fingerprint density at radius 1 is 0.650 bits per heavy atom. The van der Waals surface area contributed by atoms with Crippen molar-refractivity contribution >= 4 is 11.6 Å². The van der Waals surface area contributed by atoms with Crippen LogP contribution in [0.25, 0.3) is 0 Å². The highest BCUT2D eigenvalue weighted by molar-refractivity contribution is 5.44. The minimum atomic E-state index is -4.66. The zero-order valence-electron chi connectivity index (χ0n) is 31.8. The molecule has 0 amide bonds. The second-order valence-electron chi connectivity index (χ2n) is 13.1. The van der Waals surface area contributed by atoms with Crippen molar-refractivity contribution in [2.24, 2.45) is 14.1 Å². The quantitative estimate of drug-likeness (QED) is 0.134. The van der Waals surface area contributed by atoms with Crippen LogP contribution >= 0.6 is 0 Å². The van der Waals surface area contributed by atoms with E-state index in [9.17, 15) is 44.7 Å². The summed E-state index contributed by atoms with van der Waals surface area (Å²) >= 11 is 0. The van der Waals surface area contributed by atoms with E-state index in [-0.39, 0.29) is 41.9 Å². The van der Waals surface area contributed by atoms with Crippen molar-refractivity contribution in [2.45, 2.75) is 19.4 Å². The number of aromatic nitrogens is 5. The van der Waals surface area contributed by atoms with Gasteiger partial charge in [-0.3, -0.25) is 9.13 Å². The van der Waals surface area contributed by atoms with Crippen LogP contribution in [0.2, 0.25) is 0 Å². The first-order chi connectivity index (χ1) is 28.6. The van der Waals surface area contributed by atoms with Crippen molar-refractivity contribution in [1.82, 2.24) is 24.1 Å². The molecule has 2 aliphatic heterocycles. The molecule has 0 unspecified atom stereocenters. The molecule has 0 bridgehead atoms. The van der Waals surface area contributed by atoms with E-state index < -0.39 is 58.1 Å². The van der Waals surface area contributed by atoms with Gasteiger partial charge in [0.2, 0.25) is 11.8 Å². The second-order valence-corrected chi connectivity index (χ2v) is 13.1. The molecule has 2 saturated heterocycles. The average Bonchev–Trinajstić information content (AvgIpc) is 3.22. The standard InChI is InChI=1S/C22H19F5N4O4.C16H16F3N3O3/c1-30-19(31-4-6-33-7-5-31)10-18(29-21(30)32)34-12-13-8-15(23)20(16(24)9-13)35-14-2-3-17(28-11-14)22(25,26)27;1-21-14(22-2-4-24-5-3-22)8-13(20-16(21)23)25-9-10-6-11(17)15(19)12(18)7-10/h2-3,8-11H,4-7,12H2,1H3;6-8H,2-5,9H2,1H3. The number of hydrogen-bond acceptors (Lipinski definition) is 12. The van der Waals surface area contributed by atoms with Crippen LogP contribution in [0.15, 0.2) is 64.3 Å². The Morgan fingerprint density at radius 3 is 1.48 bits per heavy atom. The van der Waals surface area contributed by atoms with Crippen LogP contribution in [0.4, 0.5) is 46.8 Å². The molecule has 5 aromatic rings. The van der Waals surface area contributed by atoms with E-state index in [1.807, 2.05) is 9.80 Å². The van der Waals surface area contributed by atoms with Gasteiger partial charge in [-0.25, -0.2) is 36.5 Å². The topological polar surface area (TPSA) is 135 Å². The number of morpholine rings is 2. The summed E-state index contributed by atoms with van der Waals surface area (Å²) < 4.78 is 136. The smallest absolute Gasteiger partial charge is 0.433 e. The second kappa shape index (κ2) is 18.7. The third-order valence-electron chi connectivity index (χ3n) is 8.97.